The predicted octanol–water partition coefficient (Wildman–Crippen LogP) is 4.06. The minimum Gasteiger partial charge on any atom is -0.384 e. The van der Waals surface area contributed by atoms with Crippen LogP contribution in [0.4, 0.5) is 11.4 Å². The Labute approximate surface area is 162 Å². The maximum absolute atomic E-state index is 9.13. The Kier molecular flexibility index (Phi) is 5.60. The number of para-hydroxylation sites is 1. The van der Waals surface area contributed by atoms with E-state index in [4.69, 9.17) is 5.26 Å². The van der Waals surface area contributed by atoms with E-state index >= 15 is 0 Å². The van der Waals surface area contributed by atoms with Gasteiger partial charge in [0.25, 0.3) is 0 Å². The van der Waals surface area contributed by atoms with Crippen LogP contribution in [0.5, 0.6) is 0 Å². The third-order valence-corrected chi connectivity index (χ3v) is 5.93. The summed E-state index contributed by atoms with van der Waals surface area (Å²) in [5.41, 5.74) is 4.68. The van der Waals surface area contributed by atoms with Crippen molar-refractivity contribution < 1.29 is 0 Å². The van der Waals surface area contributed by atoms with Gasteiger partial charge in [-0.05, 0) is 55.3 Å². The second-order valence-electron chi connectivity index (χ2n) is 7.65. The molecule has 1 N–H and O–H groups in total. The molecule has 2 aromatic carbocycles. The maximum atomic E-state index is 9.13. The molecule has 4 nitrogen and oxygen atoms in total. The maximum Gasteiger partial charge on any atom is 0.0991 e. The van der Waals surface area contributed by atoms with Crippen molar-refractivity contribution in [2.75, 3.05) is 49.5 Å². The summed E-state index contributed by atoms with van der Waals surface area (Å²) in [6.07, 6.45) is 3.72. The summed E-state index contributed by atoms with van der Waals surface area (Å²) in [5, 5.41) is 12.6. The molecule has 4 heteroatoms. The molecule has 2 aromatic rings. The van der Waals surface area contributed by atoms with Crippen LogP contribution in [0.1, 0.15) is 36.3 Å². The number of nitriles is 1. The van der Waals surface area contributed by atoms with Crippen LogP contribution in [0.15, 0.2) is 48.5 Å². The molecule has 0 aromatic heterocycles. The molecule has 1 fully saturated rings. The van der Waals surface area contributed by atoms with Crippen molar-refractivity contribution >= 4 is 11.4 Å². The summed E-state index contributed by atoms with van der Waals surface area (Å²) < 4.78 is 0. The molecular formula is C23H28N4. The van der Waals surface area contributed by atoms with E-state index in [0.29, 0.717) is 5.92 Å². The fourth-order valence-corrected chi connectivity index (χ4v) is 4.33. The summed E-state index contributed by atoms with van der Waals surface area (Å²) in [6, 6.07) is 19.0. The Morgan fingerprint density at radius 3 is 2.59 bits per heavy atom. The molecule has 1 unspecified atom stereocenters. The molecule has 2 heterocycles. The first kappa shape index (κ1) is 17.9. The van der Waals surface area contributed by atoms with Gasteiger partial charge in [0.15, 0.2) is 0 Å². The first-order valence-corrected chi connectivity index (χ1v) is 10.1. The Bertz CT molecular complexity index is 788. The highest BCUT2D eigenvalue weighted by molar-refractivity contribution is 5.60. The second kappa shape index (κ2) is 8.45. The molecule has 0 radical (unpaired) electrons. The van der Waals surface area contributed by atoms with Gasteiger partial charge in [-0.3, -0.25) is 4.90 Å². The van der Waals surface area contributed by atoms with Crippen molar-refractivity contribution in [3.8, 4) is 6.07 Å². The summed E-state index contributed by atoms with van der Waals surface area (Å²) in [6.45, 7) is 6.79. The zero-order valence-corrected chi connectivity index (χ0v) is 15.9. The minimum atomic E-state index is 0.559. The van der Waals surface area contributed by atoms with E-state index < -0.39 is 0 Å². The van der Waals surface area contributed by atoms with Crippen LogP contribution in [-0.4, -0.2) is 44.2 Å². The number of hydrogen-bond acceptors (Lipinski definition) is 4. The Morgan fingerprint density at radius 2 is 1.81 bits per heavy atom. The van der Waals surface area contributed by atoms with Gasteiger partial charge in [0, 0.05) is 50.0 Å². The smallest absolute Gasteiger partial charge is 0.0991 e. The fraction of sp³-hybridized carbons (Fsp3) is 0.435. The predicted molar refractivity (Wildman–Crippen MR) is 111 cm³/mol. The topological polar surface area (TPSA) is 42.3 Å². The van der Waals surface area contributed by atoms with Gasteiger partial charge in [0.2, 0.25) is 0 Å². The highest BCUT2D eigenvalue weighted by Gasteiger charge is 2.22. The molecule has 0 bridgehead atoms. The van der Waals surface area contributed by atoms with Crippen LogP contribution >= 0.6 is 0 Å². The quantitative estimate of drug-likeness (QED) is 0.789. The van der Waals surface area contributed by atoms with Crippen LogP contribution in [0.3, 0.4) is 0 Å². The average Bonchev–Trinajstić information content (AvgIpc) is 3.14. The molecule has 0 spiro atoms. The van der Waals surface area contributed by atoms with Gasteiger partial charge < -0.3 is 10.2 Å². The molecule has 1 atom stereocenters. The van der Waals surface area contributed by atoms with Gasteiger partial charge in [-0.15, -0.1) is 0 Å². The van der Waals surface area contributed by atoms with Crippen molar-refractivity contribution in [1.82, 2.24) is 4.90 Å². The number of nitrogens with zero attached hydrogens (tertiary/aromatic N) is 3. The van der Waals surface area contributed by atoms with Crippen molar-refractivity contribution in [3.63, 3.8) is 0 Å². The van der Waals surface area contributed by atoms with E-state index in [-0.39, 0.29) is 0 Å². The molecular weight excluding hydrogens is 332 g/mol. The SMILES string of the molecule is N#Cc1ccc2c(c1)C(CCCCN1CCN(c3ccccc3)CC1)CN2. The lowest BCUT2D eigenvalue weighted by atomic mass is 9.94. The summed E-state index contributed by atoms with van der Waals surface area (Å²) in [7, 11) is 0. The van der Waals surface area contributed by atoms with E-state index in [0.717, 1.165) is 38.3 Å². The largest absolute Gasteiger partial charge is 0.384 e. The first-order chi connectivity index (χ1) is 13.3. The molecule has 2 aliphatic heterocycles. The van der Waals surface area contributed by atoms with E-state index in [1.807, 2.05) is 6.07 Å². The molecule has 1 saturated heterocycles. The zero-order valence-electron chi connectivity index (χ0n) is 15.9. The van der Waals surface area contributed by atoms with Crippen LogP contribution in [0.2, 0.25) is 0 Å². The number of anilines is 2. The normalized spacial score (nSPS) is 19.4. The number of rotatable bonds is 6. The zero-order chi connectivity index (χ0) is 18.5. The number of nitrogens with one attached hydrogen (secondary N) is 1. The van der Waals surface area contributed by atoms with Gasteiger partial charge in [-0.1, -0.05) is 24.6 Å². The van der Waals surface area contributed by atoms with Crippen molar-refractivity contribution in [2.45, 2.75) is 25.2 Å². The molecule has 2 aliphatic rings. The highest BCUT2D eigenvalue weighted by atomic mass is 15.3. The average molecular weight is 361 g/mol. The summed E-state index contributed by atoms with van der Waals surface area (Å²) in [4.78, 5) is 5.10. The van der Waals surface area contributed by atoms with Crippen LogP contribution in [0, 0.1) is 11.3 Å². The summed E-state index contributed by atoms with van der Waals surface area (Å²) in [5.74, 6) is 0.559. The fourth-order valence-electron chi connectivity index (χ4n) is 4.33. The lowest BCUT2D eigenvalue weighted by molar-refractivity contribution is 0.251. The van der Waals surface area contributed by atoms with Crippen LogP contribution in [-0.2, 0) is 0 Å². The molecule has 0 aliphatic carbocycles. The van der Waals surface area contributed by atoms with Gasteiger partial charge in [-0.2, -0.15) is 5.26 Å². The lowest BCUT2D eigenvalue weighted by Gasteiger charge is -2.36. The van der Waals surface area contributed by atoms with Crippen LogP contribution < -0.4 is 10.2 Å². The van der Waals surface area contributed by atoms with Crippen molar-refractivity contribution in [1.29, 1.82) is 5.26 Å². The number of piperazine rings is 1. The minimum absolute atomic E-state index is 0.559. The molecule has 27 heavy (non-hydrogen) atoms. The van der Waals surface area contributed by atoms with E-state index in [1.54, 1.807) is 0 Å². The standard InChI is InChI=1S/C23H28N4/c24-17-19-9-10-23-22(16-19)20(18-25-23)6-4-5-11-26-12-14-27(15-13-26)21-7-2-1-3-8-21/h1-3,7-10,16,20,25H,4-6,11-15,18H2. The number of hydrogen-bond donors (Lipinski definition) is 1. The Balaban J connectivity index is 1.19. The molecule has 0 saturated carbocycles. The number of fused-ring (bicyclic) bond motifs is 1. The van der Waals surface area contributed by atoms with E-state index in [2.05, 4.69) is 63.7 Å². The van der Waals surface area contributed by atoms with Gasteiger partial charge >= 0.3 is 0 Å². The highest BCUT2D eigenvalue weighted by Crippen LogP contribution is 2.35. The Hall–Kier alpha value is -2.51. The van der Waals surface area contributed by atoms with Crippen molar-refractivity contribution in [2.24, 2.45) is 0 Å². The van der Waals surface area contributed by atoms with Gasteiger partial charge in [0.1, 0.15) is 0 Å². The number of unbranched alkanes of at least 4 members (excludes halogenated alkanes) is 1. The third-order valence-electron chi connectivity index (χ3n) is 5.93. The monoisotopic (exact) mass is 360 g/mol. The van der Waals surface area contributed by atoms with Crippen LogP contribution in [0.25, 0.3) is 0 Å². The van der Waals surface area contributed by atoms with Gasteiger partial charge in [-0.25, -0.2) is 0 Å². The lowest BCUT2D eigenvalue weighted by Crippen LogP contribution is -2.46. The summed E-state index contributed by atoms with van der Waals surface area (Å²) >= 11 is 0. The second-order valence-corrected chi connectivity index (χ2v) is 7.65. The Morgan fingerprint density at radius 1 is 1.00 bits per heavy atom. The molecule has 0 amide bonds. The number of benzene rings is 2. The van der Waals surface area contributed by atoms with E-state index in [9.17, 15) is 0 Å². The molecule has 4 rings (SSSR count). The van der Waals surface area contributed by atoms with Gasteiger partial charge in [0.05, 0.1) is 11.6 Å². The third kappa shape index (κ3) is 4.26. The first-order valence-electron chi connectivity index (χ1n) is 10.1. The van der Waals surface area contributed by atoms with E-state index in [1.165, 1.54) is 42.7 Å². The van der Waals surface area contributed by atoms with Crippen molar-refractivity contribution in [3.05, 3.63) is 59.7 Å². The molecule has 140 valence electrons.